The molecule has 0 unspecified atom stereocenters. The van der Waals surface area contributed by atoms with Crippen LogP contribution in [0.2, 0.25) is 0 Å². The van der Waals surface area contributed by atoms with Crippen molar-refractivity contribution < 1.29 is 13.2 Å². The van der Waals surface area contributed by atoms with Crippen LogP contribution in [0.3, 0.4) is 0 Å². The molecule has 4 aromatic rings. The minimum absolute atomic E-state index is 0.0632. The van der Waals surface area contributed by atoms with Crippen molar-refractivity contribution in [1.82, 2.24) is 24.1 Å². The fourth-order valence-electron chi connectivity index (χ4n) is 3.41. The highest BCUT2D eigenvalue weighted by atomic mass is 79.9. The standard InChI is InChI=1S/C18H17BrClN5O4S/c1-3-7-24-16-13(19)14(22-15(16)17-23-21-9-25(17)18(24)26)11-8-10(30(20,27)28)5-6-12(11)29-4-2/h5-6,8-9,22H,3-4,7H2,1-2H3. The van der Waals surface area contributed by atoms with Gasteiger partial charge in [0.1, 0.15) is 17.6 Å². The van der Waals surface area contributed by atoms with Crippen LogP contribution in [0.1, 0.15) is 20.3 Å². The largest absolute Gasteiger partial charge is 0.493 e. The van der Waals surface area contributed by atoms with Gasteiger partial charge < -0.3 is 9.72 Å². The van der Waals surface area contributed by atoms with Gasteiger partial charge in [-0.05, 0) is 47.5 Å². The Hall–Kier alpha value is -2.37. The third kappa shape index (κ3) is 3.30. The number of halogens is 2. The summed E-state index contributed by atoms with van der Waals surface area (Å²) in [5.41, 5.74) is 2.32. The summed E-state index contributed by atoms with van der Waals surface area (Å²) >= 11 is 3.59. The van der Waals surface area contributed by atoms with Gasteiger partial charge in [-0.1, -0.05) is 6.92 Å². The van der Waals surface area contributed by atoms with Crippen molar-refractivity contribution in [2.45, 2.75) is 31.7 Å². The number of benzene rings is 1. The van der Waals surface area contributed by atoms with Crippen LogP contribution in [-0.2, 0) is 15.6 Å². The number of ether oxygens (including phenoxy) is 1. The van der Waals surface area contributed by atoms with Crippen molar-refractivity contribution in [2.75, 3.05) is 6.61 Å². The molecule has 30 heavy (non-hydrogen) atoms. The Morgan fingerprint density at radius 1 is 1.30 bits per heavy atom. The van der Waals surface area contributed by atoms with Gasteiger partial charge in [-0.25, -0.2) is 17.6 Å². The molecule has 3 heterocycles. The molecular formula is C18H17BrClN5O4S. The number of nitrogens with zero attached hydrogens (tertiary/aromatic N) is 4. The highest BCUT2D eigenvalue weighted by molar-refractivity contribution is 9.10. The Balaban J connectivity index is 2.11. The van der Waals surface area contributed by atoms with E-state index in [0.717, 1.165) is 6.42 Å². The molecule has 9 nitrogen and oxygen atoms in total. The van der Waals surface area contributed by atoms with E-state index in [1.807, 2.05) is 13.8 Å². The molecule has 1 aromatic carbocycles. The molecule has 0 bridgehead atoms. The van der Waals surface area contributed by atoms with Crippen molar-refractivity contribution in [3.05, 3.63) is 39.5 Å². The topological polar surface area (TPSA) is 111 Å². The highest BCUT2D eigenvalue weighted by Gasteiger charge is 2.23. The number of rotatable bonds is 6. The van der Waals surface area contributed by atoms with E-state index in [2.05, 4.69) is 31.1 Å². The molecule has 0 spiro atoms. The molecule has 12 heteroatoms. The van der Waals surface area contributed by atoms with E-state index in [4.69, 9.17) is 15.4 Å². The molecule has 3 aromatic heterocycles. The molecule has 0 atom stereocenters. The lowest BCUT2D eigenvalue weighted by Gasteiger charge is -2.11. The Morgan fingerprint density at radius 3 is 2.73 bits per heavy atom. The predicted molar refractivity (Wildman–Crippen MR) is 117 cm³/mol. The summed E-state index contributed by atoms with van der Waals surface area (Å²) in [5, 5.41) is 7.93. The second kappa shape index (κ2) is 7.71. The van der Waals surface area contributed by atoms with Crippen molar-refractivity contribution in [3.63, 3.8) is 0 Å². The average Bonchev–Trinajstić information content (AvgIpc) is 3.30. The molecule has 0 saturated heterocycles. The Bertz CT molecular complexity index is 1440. The SMILES string of the molecule is CCCn1c(=O)n2cnnc2c2[nH]c(-c3cc(S(=O)(=O)Cl)ccc3OCC)c(Br)c21. The Kier molecular flexibility index (Phi) is 5.37. The second-order valence-electron chi connectivity index (χ2n) is 6.53. The maximum Gasteiger partial charge on any atom is 0.335 e. The van der Waals surface area contributed by atoms with Gasteiger partial charge in [0.25, 0.3) is 9.05 Å². The molecule has 0 fully saturated rings. The van der Waals surface area contributed by atoms with E-state index in [9.17, 15) is 13.2 Å². The summed E-state index contributed by atoms with van der Waals surface area (Å²) < 4.78 is 33.1. The lowest BCUT2D eigenvalue weighted by Crippen LogP contribution is -2.26. The maximum atomic E-state index is 12.9. The van der Waals surface area contributed by atoms with Gasteiger partial charge in [0.05, 0.1) is 27.2 Å². The maximum absolute atomic E-state index is 12.9. The summed E-state index contributed by atoms with van der Waals surface area (Å²) in [5.74, 6) is 0.468. The molecule has 0 aliphatic rings. The molecule has 0 aliphatic carbocycles. The number of hydrogen-bond acceptors (Lipinski definition) is 6. The van der Waals surface area contributed by atoms with Gasteiger partial charge in [-0.15, -0.1) is 10.2 Å². The van der Waals surface area contributed by atoms with Crippen LogP contribution in [0, 0.1) is 0 Å². The van der Waals surface area contributed by atoms with Crippen LogP contribution in [-0.4, -0.2) is 39.2 Å². The van der Waals surface area contributed by atoms with Crippen LogP contribution in [0.25, 0.3) is 27.9 Å². The highest BCUT2D eigenvalue weighted by Crippen LogP contribution is 2.40. The van der Waals surface area contributed by atoms with E-state index < -0.39 is 9.05 Å². The number of H-pyrrole nitrogens is 1. The van der Waals surface area contributed by atoms with Crippen LogP contribution in [0.5, 0.6) is 5.75 Å². The lowest BCUT2D eigenvalue weighted by molar-refractivity contribution is 0.341. The Labute approximate surface area is 184 Å². The van der Waals surface area contributed by atoms with Crippen LogP contribution < -0.4 is 10.4 Å². The first-order valence-corrected chi connectivity index (χ1v) is 12.2. The second-order valence-corrected chi connectivity index (χ2v) is 9.88. The van der Waals surface area contributed by atoms with Gasteiger partial charge in [0, 0.05) is 22.8 Å². The number of aryl methyl sites for hydroxylation is 1. The fourth-order valence-corrected chi connectivity index (χ4v) is 4.91. The number of aromatic amines is 1. The molecular weight excluding hydrogens is 498 g/mol. The molecule has 0 saturated carbocycles. The quantitative estimate of drug-likeness (QED) is 0.394. The van der Waals surface area contributed by atoms with Crippen LogP contribution in [0.4, 0.5) is 0 Å². The molecule has 4 rings (SSSR count). The van der Waals surface area contributed by atoms with Crippen LogP contribution >= 0.6 is 26.6 Å². The monoisotopic (exact) mass is 513 g/mol. The third-order valence-corrected chi connectivity index (χ3v) is 6.77. The summed E-state index contributed by atoms with van der Waals surface area (Å²) in [7, 11) is 1.61. The first-order chi connectivity index (χ1) is 14.3. The van der Waals surface area contributed by atoms with E-state index >= 15 is 0 Å². The Morgan fingerprint density at radius 2 is 2.07 bits per heavy atom. The van der Waals surface area contributed by atoms with Crippen LogP contribution in [0.15, 0.2) is 38.7 Å². The summed E-state index contributed by atoms with van der Waals surface area (Å²) in [6.45, 7) is 4.66. The van der Waals surface area contributed by atoms with Crippen molar-refractivity contribution in [1.29, 1.82) is 0 Å². The fraction of sp³-hybridized carbons (Fsp3) is 0.278. The van der Waals surface area contributed by atoms with Crippen molar-refractivity contribution >= 4 is 52.3 Å². The predicted octanol–water partition coefficient (Wildman–Crippen LogP) is 3.54. The van der Waals surface area contributed by atoms with Gasteiger partial charge in [0.15, 0.2) is 5.65 Å². The molecule has 158 valence electrons. The van der Waals surface area contributed by atoms with Gasteiger partial charge >= 0.3 is 5.69 Å². The minimum atomic E-state index is -3.95. The number of aromatic nitrogens is 5. The zero-order valence-electron chi connectivity index (χ0n) is 16.0. The number of nitrogens with one attached hydrogen (secondary N) is 1. The zero-order valence-corrected chi connectivity index (χ0v) is 19.2. The van der Waals surface area contributed by atoms with Gasteiger partial charge in [-0.2, -0.15) is 0 Å². The average molecular weight is 515 g/mol. The molecule has 1 N–H and O–H groups in total. The van der Waals surface area contributed by atoms with Crippen molar-refractivity contribution in [3.8, 4) is 17.0 Å². The zero-order chi connectivity index (χ0) is 21.6. The van der Waals surface area contributed by atoms with Gasteiger partial charge in [-0.3, -0.25) is 4.57 Å². The lowest BCUT2D eigenvalue weighted by atomic mass is 10.1. The van der Waals surface area contributed by atoms with E-state index in [1.165, 1.54) is 22.9 Å². The number of hydrogen-bond donors (Lipinski definition) is 1. The van der Waals surface area contributed by atoms with E-state index in [1.54, 1.807) is 10.6 Å². The van der Waals surface area contributed by atoms with E-state index in [-0.39, 0.29) is 10.6 Å². The molecule has 0 aliphatic heterocycles. The minimum Gasteiger partial charge on any atom is -0.493 e. The van der Waals surface area contributed by atoms with Gasteiger partial charge in [0.2, 0.25) is 0 Å². The van der Waals surface area contributed by atoms with E-state index in [0.29, 0.717) is 51.3 Å². The molecule has 0 amide bonds. The summed E-state index contributed by atoms with van der Waals surface area (Å²) in [6, 6.07) is 4.38. The summed E-state index contributed by atoms with van der Waals surface area (Å²) in [6.07, 6.45) is 2.10. The molecule has 0 radical (unpaired) electrons. The normalized spacial score (nSPS) is 12.1. The smallest absolute Gasteiger partial charge is 0.335 e. The number of fused-ring (bicyclic) bond motifs is 3. The van der Waals surface area contributed by atoms with Crippen molar-refractivity contribution in [2.24, 2.45) is 0 Å². The summed E-state index contributed by atoms with van der Waals surface area (Å²) in [4.78, 5) is 16.1. The first kappa shape index (κ1) is 20.9. The first-order valence-electron chi connectivity index (χ1n) is 9.13. The third-order valence-electron chi connectivity index (χ3n) is 4.64.